The van der Waals surface area contributed by atoms with E-state index in [1.807, 2.05) is 52.3 Å². The van der Waals surface area contributed by atoms with E-state index in [-0.39, 0.29) is 6.03 Å². The van der Waals surface area contributed by atoms with Gasteiger partial charge in [0.15, 0.2) is 11.5 Å². The van der Waals surface area contributed by atoms with Gasteiger partial charge in [-0.1, -0.05) is 53.5 Å². The number of nitrogen functional groups attached to an aromatic ring is 1. The lowest BCUT2D eigenvalue weighted by Gasteiger charge is -2.29. The summed E-state index contributed by atoms with van der Waals surface area (Å²) in [5.41, 5.74) is 9.98. The van der Waals surface area contributed by atoms with Gasteiger partial charge in [0.1, 0.15) is 0 Å². The summed E-state index contributed by atoms with van der Waals surface area (Å²) in [5.74, 6) is 1.27. The molecule has 0 radical (unpaired) electrons. The Morgan fingerprint density at radius 3 is 2.33 bits per heavy atom. The van der Waals surface area contributed by atoms with E-state index in [1.165, 1.54) is 0 Å². The second-order valence-corrected chi connectivity index (χ2v) is 10.1. The second kappa shape index (κ2) is 13.6. The van der Waals surface area contributed by atoms with Crippen LogP contribution in [0.3, 0.4) is 0 Å². The number of anilines is 3. The van der Waals surface area contributed by atoms with Crippen LogP contribution >= 0.6 is 23.2 Å². The zero-order valence-electron chi connectivity index (χ0n) is 22.3. The SMILES string of the molecule is COc1cc2c(cc1OC)N(Cc1ccccc1)C(=O)N(CCCNCCNc1cc(Cl)c(N)c(Cl)c1)CC2. The van der Waals surface area contributed by atoms with E-state index in [1.54, 1.807) is 26.4 Å². The van der Waals surface area contributed by atoms with Gasteiger partial charge in [0.25, 0.3) is 0 Å². The molecule has 0 aromatic heterocycles. The third kappa shape index (κ3) is 7.20. The van der Waals surface area contributed by atoms with Gasteiger partial charge < -0.3 is 30.7 Å². The standard InChI is InChI=1S/C29H35Cl2N5O3/c1-38-26-15-21-9-14-35(13-6-10-33-11-12-34-22-16-23(30)28(32)24(31)17-22)29(37)36(25(21)18-27(26)39-2)19-20-7-4-3-5-8-20/h3-5,7-8,15-18,33-34H,6,9-14,19,32H2,1-2H3. The van der Waals surface area contributed by atoms with Crippen molar-refractivity contribution in [3.63, 3.8) is 0 Å². The first kappa shape index (κ1) is 28.7. The molecule has 2 amide bonds. The minimum absolute atomic E-state index is 0.0106. The monoisotopic (exact) mass is 571 g/mol. The fourth-order valence-electron chi connectivity index (χ4n) is 4.61. The first-order valence-corrected chi connectivity index (χ1v) is 13.7. The predicted molar refractivity (Wildman–Crippen MR) is 160 cm³/mol. The lowest BCUT2D eigenvalue weighted by molar-refractivity contribution is 0.205. The summed E-state index contributed by atoms with van der Waals surface area (Å²) in [4.78, 5) is 17.6. The zero-order valence-corrected chi connectivity index (χ0v) is 23.8. The molecule has 4 rings (SSSR count). The Hall–Kier alpha value is -3.33. The van der Waals surface area contributed by atoms with E-state index in [0.29, 0.717) is 53.4 Å². The molecular weight excluding hydrogens is 537 g/mol. The van der Waals surface area contributed by atoms with Gasteiger partial charge in [-0.2, -0.15) is 0 Å². The highest BCUT2D eigenvalue weighted by atomic mass is 35.5. The maximum atomic E-state index is 13.8. The maximum absolute atomic E-state index is 13.8. The van der Waals surface area contributed by atoms with Crippen LogP contribution in [0.25, 0.3) is 0 Å². The van der Waals surface area contributed by atoms with E-state index < -0.39 is 0 Å². The summed E-state index contributed by atoms with van der Waals surface area (Å²) < 4.78 is 11.1. The van der Waals surface area contributed by atoms with Crippen molar-refractivity contribution in [2.24, 2.45) is 0 Å². The molecule has 0 spiro atoms. The third-order valence-electron chi connectivity index (χ3n) is 6.70. The molecule has 8 nitrogen and oxygen atoms in total. The molecule has 10 heteroatoms. The molecule has 0 aliphatic carbocycles. The number of urea groups is 1. The van der Waals surface area contributed by atoms with Gasteiger partial charge in [0, 0.05) is 37.9 Å². The summed E-state index contributed by atoms with van der Waals surface area (Å²) in [7, 11) is 3.24. The Balaban J connectivity index is 1.35. The van der Waals surface area contributed by atoms with Crippen LogP contribution in [0.2, 0.25) is 10.0 Å². The Labute approximate surface area is 240 Å². The largest absolute Gasteiger partial charge is 0.493 e. The molecule has 3 aromatic carbocycles. The van der Waals surface area contributed by atoms with E-state index >= 15 is 0 Å². The number of hydrogen-bond donors (Lipinski definition) is 3. The van der Waals surface area contributed by atoms with Gasteiger partial charge in [0.2, 0.25) is 0 Å². The number of amides is 2. The molecule has 0 unspecified atom stereocenters. The van der Waals surface area contributed by atoms with Gasteiger partial charge in [-0.15, -0.1) is 0 Å². The van der Waals surface area contributed by atoms with Crippen LogP contribution in [0.5, 0.6) is 11.5 Å². The molecule has 0 fully saturated rings. The van der Waals surface area contributed by atoms with Crippen LogP contribution in [0.15, 0.2) is 54.6 Å². The molecule has 0 bridgehead atoms. The Morgan fingerprint density at radius 2 is 1.64 bits per heavy atom. The molecule has 0 saturated heterocycles. The van der Waals surface area contributed by atoms with Crippen LogP contribution in [0, 0.1) is 0 Å². The molecule has 208 valence electrons. The number of carbonyl (C=O) groups excluding carboxylic acids is 1. The highest BCUT2D eigenvalue weighted by Gasteiger charge is 2.29. The van der Waals surface area contributed by atoms with Gasteiger partial charge in [0.05, 0.1) is 42.2 Å². The number of ether oxygens (including phenoxy) is 2. The van der Waals surface area contributed by atoms with Gasteiger partial charge in [-0.3, -0.25) is 4.90 Å². The van der Waals surface area contributed by atoms with Crippen molar-refractivity contribution >= 4 is 46.3 Å². The van der Waals surface area contributed by atoms with Crippen molar-refractivity contribution in [2.45, 2.75) is 19.4 Å². The average molecular weight is 573 g/mol. The molecular formula is C29H35Cl2N5O3. The third-order valence-corrected chi connectivity index (χ3v) is 7.33. The van der Waals surface area contributed by atoms with Crippen LogP contribution in [-0.2, 0) is 13.0 Å². The molecule has 1 aliphatic heterocycles. The van der Waals surface area contributed by atoms with Crippen LogP contribution < -0.4 is 30.7 Å². The smallest absolute Gasteiger partial charge is 0.324 e. The molecule has 0 saturated carbocycles. The van der Waals surface area contributed by atoms with Crippen molar-refractivity contribution in [2.75, 3.05) is 62.9 Å². The van der Waals surface area contributed by atoms with Crippen LogP contribution in [-0.4, -0.2) is 57.9 Å². The molecule has 0 atom stereocenters. The number of hydrogen-bond acceptors (Lipinski definition) is 6. The van der Waals surface area contributed by atoms with Crippen molar-refractivity contribution in [3.8, 4) is 11.5 Å². The summed E-state index contributed by atoms with van der Waals surface area (Å²) in [5, 5.41) is 7.58. The van der Waals surface area contributed by atoms with E-state index in [4.69, 9.17) is 38.4 Å². The number of rotatable bonds is 12. The molecule has 3 aromatic rings. The molecule has 1 heterocycles. The van der Waals surface area contributed by atoms with Gasteiger partial charge >= 0.3 is 6.03 Å². The normalized spacial score (nSPS) is 13.2. The van der Waals surface area contributed by atoms with E-state index in [2.05, 4.69) is 10.6 Å². The molecule has 39 heavy (non-hydrogen) atoms. The lowest BCUT2D eigenvalue weighted by Crippen LogP contribution is -2.43. The summed E-state index contributed by atoms with van der Waals surface area (Å²) in [6, 6.07) is 17.4. The quantitative estimate of drug-likeness (QED) is 0.191. The number of nitrogens with zero attached hydrogens (tertiary/aromatic N) is 2. The number of benzene rings is 3. The van der Waals surface area contributed by atoms with Gasteiger partial charge in [-0.25, -0.2) is 4.79 Å². The molecule has 4 N–H and O–H groups in total. The topological polar surface area (TPSA) is 92.1 Å². The Bertz CT molecular complexity index is 1250. The fraction of sp³-hybridized carbons (Fsp3) is 0.345. The highest BCUT2D eigenvalue weighted by Crippen LogP contribution is 2.38. The summed E-state index contributed by atoms with van der Waals surface area (Å²) in [6.45, 7) is 3.98. The molecule has 1 aliphatic rings. The van der Waals surface area contributed by atoms with Crippen LogP contribution in [0.1, 0.15) is 17.5 Å². The minimum atomic E-state index is -0.0106. The first-order chi connectivity index (χ1) is 18.9. The minimum Gasteiger partial charge on any atom is -0.493 e. The second-order valence-electron chi connectivity index (χ2n) is 9.31. The van der Waals surface area contributed by atoms with Crippen LogP contribution in [0.4, 0.5) is 21.9 Å². The maximum Gasteiger partial charge on any atom is 0.324 e. The van der Waals surface area contributed by atoms with Crippen molar-refractivity contribution in [3.05, 3.63) is 75.8 Å². The number of carbonyl (C=O) groups is 1. The van der Waals surface area contributed by atoms with Crippen molar-refractivity contribution in [1.29, 1.82) is 0 Å². The van der Waals surface area contributed by atoms with E-state index in [0.717, 1.165) is 48.4 Å². The number of methoxy groups -OCH3 is 2. The average Bonchev–Trinajstić information content (AvgIpc) is 3.06. The fourth-order valence-corrected chi connectivity index (χ4v) is 5.10. The highest BCUT2D eigenvalue weighted by molar-refractivity contribution is 6.39. The van der Waals surface area contributed by atoms with E-state index in [9.17, 15) is 4.79 Å². The first-order valence-electron chi connectivity index (χ1n) is 13.0. The zero-order chi connectivity index (χ0) is 27.8. The van der Waals surface area contributed by atoms with Gasteiger partial charge in [-0.05, 0) is 48.7 Å². The summed E-state index contributed by atoms with van der Waals surface area (Å²) >= 11 is 12.2. The number of halogens is 2. The Kier molecular flexibility index (Phi) is 10.0. The number of nitrogens with one attached hydrogen (secondary N) is 2. The summed E-state index contributed by atoms with van der Waals surface area (Å²) in [6.07, 6.45) is 1.56. The van der Waals surface area contributed by atoms with Crippen molar-refractivity contribution in [1.82, 2.24) is 10.2 Å². The lowest BCUT2D eigenvalue weighted by atomic mass is 10.1. The number of nitrogens with two attached hydrogens (primary N) is 1. The van der Waals surface area contributed by atoms with Crippen molar-refractivity contribution < 1.29 is 14.3 Å². The number of fused-ring (bicyclic) bond motifs is 1. The predicted octanol–water partition coefficient (Wildman–Crippen LogP) is 5.67. The Morgan fingerprint density at radius 1 is 0.949 bits per heavy atom.